The van der Waals surface area contributed by atoms with Gasteiger partial charge in [0.05, 0.1) is 5.39 Å². The third-order valence-electron chi connectivity index (χ3n) is 2.45. The van der Waals surface area contributed by atoms with E-state index in [1.807, 2.05) is 18.3 Å². The van der Waals surface area contributed by atoms with Crippen molar-refractivity contribution in [2.45, 2.75) is 6.10 Å². The number of aromatic nitrogens is 2. The number of hydrogen-bond acceptors (Lipinski definition) is 3. The Bertz CT molecular complexity index is 447. The zero-order valence-electron chi connectivity index (χ0n) is 7.66. The van der Waals surface area contributed by atoms with Gasteiger partial charge in [0.15, 0.2) is 0 Å². The lowest BCUT2D eigenvalue weighted by molar-refractivity contribution is 0.144. The van der Waals surface area contributed by atoms with Crippen LogP contribution in [0.3, 0.4) is 0 Å². The molecule has 14 heavy (non-hydrogen) atoms. The second kappa shape index (κ2) is 2.99. The first-order chi connectivity index (χ1) is 6.93. The second-order valence-electron chi connectivity index (χ2n) is 3.45. The van der Waals surface area contributed by atoms with Crippen LogP contribution in [-0.4, -0.2) is 29.2 Å². The van der Waals surface area contributed by atoms with E-state index in [9.17, 15) is 0 Å². The molecule has 3 rings (SSSR count). The Hall–Kier alpha value is -1.55. The summed E-state index contributed by atoms with van der Waals surface area (Å²) in [4.78, 5) is 7.29. The fourth-order valence-corrected chi connectivity index (χ4v) is 1.55. The summed E-state index contributed by atoms with van der Waals surface area (Å²) in [5.74, 6) is 0.902. The molecule has 0 saturated carbocycles. The Morgan fingerprint density at radius 2 is 2.36 bits per heavy atom. The smallest absolute Gasteiger partial charge is 0.146 e. The number of ether oxygens (including phenoxy) is 1. The molecular formula is C10H11N3O. The van der Waals surface area contributed by atoms with Crippen LogP contribution in [0.5, 0.6) is 5.75 Å². The molecule has 0 atom stereocenters. The van der Waals surface area contributed by atoms with Crippen LogP contribution >= 0.6 is 0 Å². The minimum Gasteiger partial charge on any atom is -0.485 e. The lowest BCUT2D eigenvalue weighted by Crippen LogP contribution is -2.50. The molecular weight excluding hydrogens is 178 g/mol. The molecule has 1 fully saturated rings. The van der Waals surface area contributed by atoms with Gasteiger partial charge >= 0.3 is 0 Å². The number of nitrogens with zero attached hydrogens (tertiary/aromatic N) is 1. The van der Waals surface area contributed by atoms with Crippen molar-refractivity contribution >= 4 is 11.0 Å². The first-order valence-corrected chi connectivity index (χ1v) is 4.73. The molecule has 3 heterocycles. The van der Waals surface area contributed by atoms with Crippen LogP contribution in [0.1, 0.15) is 0 Å². The molecule has 0 spiro atoms. The van der Waals surface area contributed by atoms with Crippen molar-refractivity contribution in [3.8, 4) is 5.75 Å². The predicted molar refractivity (Wildman–Crippen MR) is 53.4 cm³/mol. The van der Waals surface area contributed by atoms with Gasteiger partial charge in [-0.2, -0.15) is 0 Å². The van der Waals surface area contributed by atoms with Gasteiger partial charge in [0.25, 0.3) is 0 Å². The molecule has 1 saturated heterocycles. The van der Waals surface area contributed by atoms with Crippen LogP contribution in [0.2, 0.25) is 0 Å². The highest BCUT2D eigenvalue weighted by molar-refractivity contribution is 5.82. The van der Waals surface area contributed by atoms with Gasteiger partial charge < -0.3 is 15.0 Å². The molecule has 1 aliphatic rings. The van der Waals surface area contributed by atoms with Crippen LogP contribution in [0.25, 0.3) is 11.0 Å². The number of rotatable bonds is 2. The molecule has 4 nitrogen and oxygen atoms in total. The topological polar surface area (TPSA) is 49.9 Å². The molecule has 0 aliphatic carbocycles. The fourth-order valence-electron chi connectivity index (χ4n) is 1.55. The van der Waals surface area contributed by atoms with E-state index >= 15 is 0 Å². The quantitative estimate of drug-likeness (QED) is 0.738. The van der Waals surface area contributed by atoms with Crippen LogP contribution in [0, 0.1) is 0 Å². The summed E-state index contributed by atoms with van der Waals surface area (Å²) in [5.41, 5.74) is 0.884. The molecule has 4 heteroatoms. The molecule has 0 radical (unpaired) electrons. The molecule has 0 unspecified atom stereocenters. The van der Waals surface area contributed by atoms with Gasteiger partial charge in [-0.05, 0) is 12.1 Å². The van der Waals surface area contributed by atoms with E-state index in [2.05, 4.69) is 15.3 Å². The summed E-state index contributed by atoms with van der Waals surface area (Å²) in [6.07, 6.45) is 3.96. The van der Waals surface area contributed by atoms with Crippen molar-refractivity contribution in [2.75, 3.05) is 13.1 Å². The minimum atomic E-state index is 0.314. The lowest BCUT2D eigenvalue weighted by atomic mass is 10.2. The predicted octanol–water partition coefficient (Wildman–Crippen LogP) is 0.913. The molecule has 0 bridgehead atoms. The average molecular weight is 189 g/mol. The summed E-state index contributed by atoms with van der Waals surface area (Å²) in [6.45, 7) is 1.87. The maximum absolute atomic E-state index is 5.77. The van der Waals surface area contributed by atoms with Crippen LogP contribution in [0.4, 0.5) is 0 Å². The van der Waals surface area contributed by atoms with Crippen molar-refractivity contribution in [3.63, 3.8) is 0 Å². The summed E-state index contributed by atoms with van der Waals surface area (Å²) in [7, 11) is 0. The highest BCUT2D eigenvalue weighted by atomic mass is 16.5. The van der Waals surface area contributed by atoms with E-state index in [1.54, 1.807) is 6.20 Å². The Kier molecular flexibility index (Phi) is 1.67. The van der Waals surface area contributed by atoms with Gasteiger partial charge in [0.2, 0.25) is 0 Å². The summed E-state index contributed by atoms with van der Waals surface area (Å²) in [6, 6.07) is 3.93. The molecule has 1 aliphatic heterocycles. The van der Waals surface area contributed by atoms with E-state index < -0.39 is 0 Å². The van der Waals surface area contributed by atoms with Crippen LogP contribution < -0.4 is 10.1 Å². The number of hydrogen-bond donors (Lipinski definition) is 2. The van der Waals surface area contributed by atoms with Gasteiger partial charge in [-0.1, -0.05) is 0 Å². The SMILES string of the molecule is c1cnc2[nH]cc(OC3CNC3)c2c1. The fraction of sp³-hybridized carbons (Fsp3) is 0.300. The number of nitrogens with one attached hydrogen (secondary N) is 2. The third-order valence-corrected chi connectivity index (χ3v) is 2.45. The first-order valence-electron chi connectivity index (χ1n) is 4.73. The summed E-state index contributed by atoms with van der Waals surface area (Å²) >= 11 is 0. The second-order valence-corrected chi connectivity index (χ2v) is 3.45. The van der Waals surface area contributed by atoms with Crippen molar-refractivity contribution in [3.05, 3.63) is 24.5 Å². The van der Waals surface area contributed by atoms with Gasteiger partial charge in [-0.15, -0.1) is 0 Å². The average Bonchev–Trinajstić information content (AvgIpc) is 2.55. The molecule has 0 amide bonds. The summed E-state index contributed by atoms with van der Waals surface area (Å²) < 4.78 is 5.77. The molecule has 72 valence electrons. The zero-order valence-corrected chi connectivity index (χ0v) is 7.66. The van der Waals surface area contributed by atoms with Crippen molar-refractivity contribution in [1.29, 1.82) is 0 Å². The van der Waals surface area contributed by atoms with E-state index in [0.29, 0.717) is 6.10 Å². The normalized spacial score (nSPS) is 16.9. The van der Waals surface area contributed by atoms with E-state index in [0.717, 1.165) is 29.9 Å². The Balaban J connectivity index is 1.95. The number of pyridine rings is 1. The lowest BCUT2D eigenvalue weighted by Gasteiger charge is -2.27. The molecule has 2 aromatic rings. The Morgan fingerprint density at radius 1 is 1.43 bits per heavy atom. The van der Waals surface area contributed by atoms with Crippen molar-refractivity contribution < 1.29 is 4.74 Å². The van der Waals surface area contributed by atoms with Gasteiger partial charge in [0.1, 0.15) is 17.5 Å². The standard InChI is InChI=1S/C10H11N3O/c1-2-8-9(14-7-4-11-5-7)6-13-10(8)12-3-1/h1-3,6-7,11H,4-5H2,(H,12,13). The first kappa shape index (κ1) is 7.82. The van der Waals surface area contributed by atoms with Gasteiger partial charge in [0, 0.05) is 25.5 Å². The Labute approximate surface area is 81.3 Å². The summed E-state index contributed by atoms with van der Waals surface area (Å²) in [5, 5.41) is 4.23. The number of fused-ring (bicyclic) bond motifs is 1. The van der Waals surface area contributed by atoms with E-state index in [1.165, 1.54) is 0 Å². The molecule has 2 aromatic heterocycles. The third kappa shape index (κ3) is 1.15. The Morgan fingerprint density at radius 3 is 3.14 bits per heavy atom. The van der Waals surface area contributed by atoms with E-state index in [-0.39, 0.29) is 0 Å². The van der Waals surface area contributed by atoms with Gasteiger partial charge in [-0.25, -0.2) is 4.98 Å². The van der Waals surface area contributed by atoms with E-state index in [4.69, 9.17) is 4.74 Å². The highest BCUT2D eigenvalue weighted by Crippen LogP contribution is 2.24. The maximum Gasteiger partial charge on any atom is 0.146 e. The molecule has 2 N–H and O–H groups in total. The monoisotopic (exact) mass is 189 g/mol. The minimum absolute atomic E-state index is 0.314. The molecule has 0 aromatic carbocycles. The number of aromatic amines is 1. The van der Waals surface area contributed by atoms with Crippen molar-refractivity contribution in [1.82, 2.24) is 15.3 Å². The van der Waals surface area contributed by atoms with Crippen molar-refractivity contribution in [2.24, 2.45) is 0 Å². The van der Waals surface area contributed by atoms with Gasteiger partial charge in [-0.3, -0.25) is 0 Å². The highest BCUT2D eigenvalue weighted by Gasteiger charge is 2.19. The zero-order chi connectivity index (χ0) is 9.38. The maximum atomic E-state index is 5.77. The largest absolute Gasteiger partial charge is 0.485 e. The number of H-pyrrole nitrogens is 1. The van der Waals surface area contributed by atoms with Crippen LogP contribution in [0.15, 0.2) is 24.5 Å². The van der Waals surface area contributed by atoms with Crippen LogP contribution in [-0.2, 0) is 0 Å².